The number of aromatic nitrogens is 1. The number of carboxylic acids is 1. The monoisotopic (exact) mass is 179 g/mol. The number of pyridine rings is 1. The van der Waals surface area contributed by atoms with E-state index in [2.05, 4.69) is 4.98 Å². The Kier molecular flexibility index (Phi) is 1.77. The van der Waals surface area contributed by atoms with Crippen molar-refractivity contribution in [2.45, 2.75) is 20.1 Å². The first-order valence-corrected chi connectivity index (χ1v) is 3.98. The van der Waals surface area contributed by atoms with Gasteiger partial charge >= 0.3 is 5.97 Å². The van der Waals surface area contributed by atoms with Gasteiger partial charge in [-0.3, -0.25) is 4.98 Å². The molecule has 0 bridgehead atoms. The maximum Gasteiger partial charge on any atom is 0.337 e. The molecule has 2 rings (SSSR count). The van der Waals surface area contributed by atoms with Crippen LogP contribution in [-0.4, -0.2) is 16.1 Å². The Labute approximate surface area is 75.2 Å². The largest absolute Gasteiger partial charge is 0.478 e. The second-order valence-electron chi connectivity index (χ2n) is 3.02. The van der Waals surface area contributed by atoms with Crippen LogP contribution in [-0.2, 0) is 18.0 Å². The molecule has 0 atom stereocenters. The van der Waals surface area contributed by atoms with Crippen molar-refractivity contribution >= 4 is 5.97 Å². The van der Waals surface area contributed by atoms with E-state index in [1.807, 2.05) is 0 Å². The fourth-order valence-electron chi connectivity index (χ4n) is 1.53. The Morgan fingerprint density at radius 2 is 2.38 bits per heavy atom. The number of ether oxygens (including phenoxy) is 1. The van der Waals surface area contributed by atoms with Crippen LogP contribution >= 0.6 is 0 Å². The number of aryl methyl sites for hydroxylation is 1. The van der Waals surface area contributed by atoms with Crippen molar-refractivity contribution in [3.05, 3.63) is 28.6 Å². The first-order chi connectivity index (χ1) is 6.20. The molecule has 1 aromatic rings. The molecule has 0 saturated heterocycles. The number of rotatable bonds is 1. The highest BCUT2D eigenvalue weighted by Crippen LogP contribution is 2.24. The zero-order valence-electron chi connectivity index (χ0n) is 7.20. The van der Waals surface area contributed by atoms with Crippen molar-refractivity contribution in [2.75, 3.05) is 0 Å². The van der Waals surface area contributed by atoms with Gasteiger partial charge in [0.1, 0.15) is 0 Å². The van der Waals surface area contributed by atoms with Crippen molar-refractivity contribution in [1.29, 1.82) is 0 Å². The molecule has 0 radical (unpaired) electrons. The van der Waals surface area contributed by atoms with Crippen molar-refractivity contribution in [3.63, 3.8) is 0 Å². The summed E-state index contributed by atoms with van der Waals surface area (Å²) in [5, 5.41) is 8.93. The van der Waals surface area contributed by atoms with E-state index < -0.39 is 5.97 Å². The summed E-state index contributed by atoms with van der Waals surface area (Å²) in [6.07, 6.45) is 1.68. The normalized spacial score (nSPS) is 14.2. The van der Waals surface area contributed by atoms with E-state index in [9.17, 15) is 4.79 Å². The molecule has 0 aromatic carbocycles. The van der Waals surface area contributed by atoms with Crippen LogP contribution in [0.4, 0.5) is 0 Å². The molecular formula is C9H9NO3. The van der Waals surface area contributed by atoms with Crippen molar-refractivity contribution in [3.8, 4) is 0 Å². The van der Waals surface area contributed by atoms with Crippen molar-refractivity contribution in [2.24, 2.45) is 0 Å². The van der Waals surface area contributed by atoms with E-state index in [4.69, 9.17) is 9.84 Å². The van der Waals surface area contributed by atoms with Crippen LogP contribution in [0.5, 0.6) is 0 Å². The van der Waals surface area contributed by atoms with Gasteiger partial charge in [-0.2, -0.15) is 0 Å². The van der Waals surface area contributed by atoms with Crippen LogP contribution in [0.1, 0.15) is 27.2 Å². The van der Waals surface area contributed by atoms with Crippen LogP contribution in [0.3, 0.4) is 0 Å². The lowest BCUT2D eigenvalue weighted by Crippen LogP contribution is -2.06. The molecule has 4 heteroatoms. The first-order valence-electron chi connectivity index (χ1n) is 3.98. The lowest BCUT2D eigenvalue weighted by atomic mass is 10.0. The van der Waals surface area contributed by atoms with Crippen LogP contribution < -0.4 is 0 Å². The minimum Gasteiger partial charge on any atom is -0.478 e. The van der Waals surface area contributed by atoms with Crippen LogP contribution in [0.25, 0.3) is 0 Å². The summed E-state index contributed by atoms with van der Waals surface area (Å²) in [5.41, 5.74) is 2.52. The number of nitrogens with zero attached hydrogens (tertiary/aromatic N) is 1. The molecule has 0 saturated carbocycles. The van der Waals surface area contributed by atoms with E-state index in [0.29, 0.717) is 24.5 Å². The van der Waals surface area contributed by atoms with Gasteiger partial charge in [-0.1, -0.05) is 0 Å². The molecule has 2 heterocycles. The molecule has 1 aliphatic heterocycles. The SMILES string of the molecule is Cc1ncc2c(c1C(=O)O)COC2. The molecule has 0 amide bonds. The first kappa shape index (κ1) is 8.19. The Hall–Kier alpha value is -1.42. The smallest absolute Gasteiger partial charge is 0.337 e. The minimum absolute atomic E-state index is 0.301. The number of hydrogen-bond acceptors (Lipinski definition) is 3. The highest BCUT2D eigenvalue weighted by molar-refractivity contribution is 5.91. The van der Waals surface area contributed by atoms with E-state index >= 15 is 0 Å². The topological polar surface area (TPSA) is 59.4 Å². The van der Waals surface area contributed by atoms with Crippen LogP contribution in [0.15, 0.2) is 6.20 Å². The van der Waals surface area contributed by atoms with Gasteiger partial charge in [0.05, 0.1) is 24.5 Å². The minimum atomic E-state index is -0.924. The summed E-state index contributed by atoms with van der Waals surface area (Å²) in [6, 6.07) is 0. The molecule has 4 nitrogen and oxygen atoms in total. The molecular weight excluding hydrogens is 170 g/mol. The molecule has 1 N–H and O–H groups in total. The summed E-state index contributed by atoms with van der Waals surface area (Å²) in [4.78, 5) is 14.9. The van der Waals surface area contributed by atoms with E-state index in [1.165, 1.54) is 0 Å². The Morgan fingerprint density at radius 1 is 1.62 bits per heavy atom. The van der Waals surface area contributed by atoms with Gasteiger partial charge in [0, 0.05) is 17.3 Å². The highest BCUT2D eigenvalue weighted by Gasteiger charge is 2.21. The summed E-state index contributed by atoms with van der Waals surface area (Å²) in [6.45, 7) is 2.56. The molecule has 13 heavy (non-hydrogen) atoms. The van der Waals surface area contributed by atoms with Gasteiger partial charge in [-0.05, 0) is 6.92 Å². The third-order valence-electron chi connectivity index (χ3n) is 2.18. The second kappa shape index (κ2) is 2.81. The maximum atomic E-state index is 10.9. The molecule has 0 spiro atoms. The van der Waals surface area contributed by atoms with Gasteiger partial charge in [0.15, 0.2) is 0 Å². The van der Waals surface area contributed by atoms with E-state index in [0.717, 1.165) is 11.1 Å². The number of aromatic carboxylic acids is 1. The number of hydrogen-bond donors (Lipinski definition) is 1. The molecule has 1 aromatic heterocycles. The lowest BCUT2D eigenvalue weighted by Gasteiger charge is -2.04. The fraction of sp³-hybridized carbons (Fsp3) is 0.333. The van der Waals surface area contributed by atoms with E-state index in [1.54, 1.807) is 13.1 Å². The maximum absolute atomic E-state index is 10.9. The average molecular weight is 179 g/mol. The van der Waals surface area contributed by atoms with Gasteiger partial charge in [0.25, 0.3) is 0 Å². The summed E-state index contributed by atoms with van der Waals surface area (Å²) in [5.74, 6) is -0.924. The van der Waals surface area contributed by atoms with Crippen LogP contribution in [0, 0.1) is 6.92 Å². The van der Waals surface area contributed by atoms with Gasteiger partial charge in [0.2, 0.25) is 0 Å². The van der Waals surface area contributed by atoms with Crippen molar-refractivity contribution in [1.82, 2.24) is 4.98 Å². The number of carbonyl (C=O) groups is 1. The number of fused-ring (bicyclic) bond motifs is 1. The molecule has 0 fully saturated rings. The average Bonchev–Trinajstić information content (AvgIpc) is 2.50. The standard InChI is InChI=1S/C9H9NO3/c1-5-8(9(11)12)7-4-13-3-6(7)2-10-5/h2H,3-4H2,1H3,(H,11,12). The summed E-state index contributed by atoms with van der Waals surface area (Å²) < 4.78 is 5.16. The highest BCUT2D eigenvalue weighted by atomic mass is 16.5. The Bertz CT molecular complexity index is 373. The fourth-order valence-corrected chi connectivity index (χ4v) is 1.53. The number of carboxylic acid groups (broad SMARTS) is 1. The quantitative estimate of drug-likeness (QED) is 0.701. The zero-order chi connectivity index (χ0) is 9.42. The summed E-state index contributed by atoms with van der Waals surface area (Å²) >= 11 is 0. The van der Waals surface area contributed by atoms with E-state index in [-0.39, 0.29) is 0 Å². The van der Waals surface area contributed by atoms with Gasteiger partial charge < -0.3 is 9.84 Å². The predicted molar refractivity (Wildman–Crippen MR) is 44.4 cm³/mol. The third-order valence-corrected chi connectivity index (χ3v) is 2.18. The summed E-state index contributed by atoms with van der Waals surface area (Å²) in [7, 11) is 0. The second-order valence-corrected chi connectivity index (χ2v) is 3.02. The Morgan fingerprint density at radius 3 is 3.08 bits per heavy atom. The molecule has 1 aliphatic rings. The van der Waals surface area contributed by atoms with Gasteiger partial charge in [-0.25, -0.2) is 4.79 Å². The Balaban J connectivity index is 2.65. The molecule has 0 aliphatic carbocycles. The molecule has 0 unspecified atom stereocenters. The zero-order valence-corrected chi connectivity index (χ0v) is 7.20. The lowest BCUT2D eigenvalue weighted by molar-refractivity contribution is 0.0691. The van der Waals surface area contributed by atoms with Crippen molar-refractivity contribution < 1.29 is 14.6 Å². The predicted octanol–water partition coefficient (Wildman–Crippen LogP) is 1.12. The third kappa shape index (κ3) is 1.19. The van der Waals surface area contributed by atoms with Gasteiger partial charge in [-0.15, -0.1) is 0 Å². The molecule has 68 valence electrons. The van der Waals surface area contributed by atoms with Crippen LogP contribution in [0.2, 0.25) is 0 Å².